The number of phosphoric ester groups is 1. The van der Waals surface area contributed by atoms with Crippen LogP contribution in [-0.2, 0) is 18.4 Å². The zero-order valence-electron chi connectivity index (χ0n) is 37.0. The Labute approximate surface area is 354 Å². The molecule has 1 amide bonds. The van der Waals surface area contributed by atoms with Crippen LogP contribution in [0.1, 0.15) is 129 Å². The fourth-order valence-corrected chi connectivity index (χ4v) is 5.98. The number of nitrogens with one attached hydrogen (secondary N) is 1. The van der Waals surface area contributed by atoms with Crippen molar-refractivity contribution in [1.29, 1.82) is 0 Å². The minimum absolute atomic E-state index is 0.0567. The molecule has 8 nitrogen and oxygen atoms in total. The van der Waals surface area contributed by atoms with Crippen molar-refractivity contribution in [3.63, 3.8) is 0 Å². The molecule has 0 aliphatic heterocycles. The predicted octanol–water partition coefficient (Wildman–Crippen LogP) is 12.3. The van der Waals surface area contributed by atoms with Crippen LogP contribution >= 0.6 is 7.82 Å². The topological polar surface area (TPSA) is 105 Å². The summed E-state index contributed by atoms with van der Waals surface area (Å²) in [7, 11) is 1.55. The number of nitrogens with zero attached hydrogens (tertiary/aromatic N) is 1. The van der Waals surface area contributed by atoms with Gasteiger partial charge in [-0.15, -0.1) is 0 Å². The number of allylic oxidation sites excluding steroid dienone is 20. The third-order valence-corrected chi connectivity index (χ3v) is 9.71. The lowest BCUT2D eigenvalue weighted by Crippen LogP contribution is -2.46. The zero-order chi connectivity index (χ0) is 42.8. The largest absolute Gasteiger partial charge is 0.472 e. The number of aliphatic hydroxyl groups excluding tert-OH is 1. The van der Waals surface area contributed by atoms with Crippen LogP contribution in [0.25, 0.3) is 0 Å². The van der Waals surface area contributed by atoms with E-state index in [9.17, 15) is 19.4 Å². The maximum absolute atomic E-state index is 12.7. The molecule has 3 N–H and O–H groups in total. The number of hydrogen-bond acceptors (Lipinski definition) is 5. The second kappa shape index (κ2) is 39.4. The van der Waals surface area contributed by atoms with Crippen molar-refractivity contribution in [3.8, 4) is 0 Å². The first-order chi connectivity index (χ1) is 28.0. The smallest absolute Gasteiger partial charge is 0.391 e. The Bertz CT molecular complexity index is 1350. The van der Waals surface area contributed by atoms with Crippen molar-refractivity contribution in [1.82, 2.24) is 5.32 Å². The number of unbranched alkanes of at least 4 members (excludes halogenated alkanes) is 4. The van der Waals surface area contributed by atoms with E-state index in [0.717, 1.165) is 96.3 Å². The van der Waals surface area contributed by atoms with Gasteiger partial charge in [0.2, 0.25) is 5.91 Å². The minimum atomic E-state index is -4.31. The van der Waals surface area contributed by atoms with Crippen LogP contribution < -0.4 is 5.32 Å². The molecule has 0 aromatic heterocycles. The van der Waals surface area contributed by atoms with Gasteiger partial charge in [0, 0.05) is 6.42 Å². The van der Waals surface area contributed by atoms with E-state index in [1.54, 1.807) is 0 Å². The lowest BCUT2D eigenvalue weighted by molar-refractivity contribution is -0.870. The Balaban J connectivity index is 4.08. The van der Waals surface area contributed by atoms with Crippen LogP contribution in [0.15, 0.2) is 122 Å². The molecule has 0 fully saturated rings. The lowest BCUT2D eigenvalue weighted by Gasteiger charge is -2.26. The number of quaternary nitrogens is 1. The summed E-state index contributed by atoms with van der Waals surface area (Å²) in [6, 6.07) is -0.788. The predicted molar refractivity (Wildman–Crippen MR) is 248 cm³/mol. The van der Waals surface area contributed by atoms with E-state index < -0.39 is 20.0 Å². The molecule has 0 spiro atoms. The molecule has 58 heavy (non-hydrogen) atoms. The Morgan fingerprint density at radius 2 is 1.02 bits per heavy atom. The van der Waals surface area contributed by atoms with Gasteiger partial charge in [0.1, 0.15) is 13.2 Å². The van der Waals surface area contributed by atoms with Crippen molar-refractivity contribution in [2.45, 2.75) is 142 Å². The van der Waals surface area contributed by atoms with Gasteiger partial charge in [0.25, 0.3) is 0 Å². The first kappa shape index (κ1) is 54.9. The summed E-state index contributed by atoms with van der Waals surface area (Å²) in [6.07, 6.45) is 59.0. The molecule has 0 rings (SSSR count). The molecular formula is C49H82N2O6P+. The molecule has 0 aromatic rings. The zero-order valence-corrected chi connectivity index (χ0v) is 37.9. The van der Waals surface area contributed by atoms with Gasteiger partial charge in [-0.3, -0.25) is 13.8 Å². The number of carbonyl (C=O) groups excluding carboxylic acids is 1. The van der Waals surface area contributed by atoms with E-state index in [1.807, 2.05) is 21.1 Å². The summed E-state index contributed by atoms with van der Waals surface area (Å²) in [4.78, 5) is 22.8. The molecule has 9 heteroatoms. The number of hydrogen-bond donors (Lipinski definition) is 3. The fraction of sp³-hybridized carbons (Fsp3) is 0.571. The summed E-state index contributed by atoms with van der Waals surface area (Å²) in [5, 5.41) is 13.5. The molecule has 0 aliphatic carbocycles. The van der Waals surface area contributed by atoms with E-state index in [1.165, 1.54) is 0 Å². The Morgan fingerprint density at radius 1 is 0.603 bits per heavy atom. The van der Waals surface area contributed by atoms with Crippen LogP contribution in [0.3, 0.4) is 0 Å². The molecule has 328 valence electrons. The lowest BCUT2D eigenvalue weighted by atomic mass is 10.0. The van der Waals surface area contributed by atoms with Gasteiger partial charge in [-0.2, -0.15) is 0 Å². The van der Waals surface area contributed by atoms with Gasteiger partial charge in [-0.25, -0.2) is 4.57 Å². The number of likely N-dealkylation sites (N-methyl/N-ethyl adjacent to an activating group) is 1. The molecule has 0 bridgehead atoms. The molecule has 0 saturated carbocycles. The first-order valence-electron chi connectivity index (χ1n) is 21.9. The third-order valence-electron chi connectivity index (χ3n) is 8.72. The standard InChI is InChI=1S/C49H81N2O6P/c1-6-8-10-11-12-13-14-15-16-17-18-19-20-21-22-23-24-25-26-27-28-29-30-31-32-33-34-35-36-37-38-39-41-43-49(53)50-47(48(52)42-40-9-7-2)46-57-58(54,55)56-45-44-51(3,4)5/h8,10,12-13,15-16,18-19,21-22,24-25,27-28,30-31,33-34,36-37,47-48,52H,6-7,9,11,14,17,20,23,26,29,32,35,38-46H2,1-5H3,(H-,50,53,54,55)/p+1/b10-8-,13-12-,16-15-,19-18-,22-21-,25-24-,28-27-,31-30-,34-33-,37-36-. The van der Waals surface area contributed by atoms with Crippen LogP contribution in [-0.4, -0.2) is 73.4 Å². The Morgan fingerprint density at radius 3 is 1.41 bits per heavy atom. The number of aliphatic hydroxyl groups is 1. The van der Waals surface area contributed by atoms with Gasteiger partial charge >= 0.3 is 7.82 Å². The molecule has 0 aliphatic rings. The normalized spacial score (nSPS) is 15.5. The average Bonchev–Trinajstić information content (AvgIpc) is 3.17. The molecule has 0 saturated heterocycles. The average molecular weight is 826 g/mol. The van der Waals surface area contributed by atoms with E-state index in [-0.39, 0.29) is 19.1 Å². The second-order valence-corrected chi connectivity index (χ2v) is 16.8. The van der Waals surface area contributed by atoms with Gasteiger partial charge in [0.05, 0.1) is 39.9 Å². The van der Waals surface area contributed by atoms with Gasteiger partial charge < -0.3 is 19.8 Å². The van der Waals surface area contributed by atoms with Crippen molar-refractivity contribution in [3.05, 3.63) is 122 Å². The summed E-state index contributed by atoms with van der Waals surface area (Å²) in [5.74, 6) is -0.206. The summed E-state index contributed by atoms with van der Waals surface area (Å²) in [6.45, 7) is 4.52. The van der Waals surface area contributed by atoms with E-state index in [2.05, 4.69) is 141 Å². The molecule has 3 unspecified atom stereocenters. The van der Waals surface area contributed by atoms with Crippen LogP contribution in [0.2, 0.25) is 0 Å². The van der Waals surface area contributed by atoms with Gasteiger partial charge in [0.15, 0.2) is 0 Å². The van der Waals surface area contributed by atoms with E-state index >= 15 is 0 Å². The van der Waals surface area contributed by atoms with Gasteiger partial charge in [-0.1, -0.05) is 155 Å². The third kappa shape index (κ3) is 41.1. The minimum Gasteiger partial charge on any atom is -0.391 e. The number of amides is 1. The van der Waals surface area contributed by atoms with Crippen molar-refractivity contribution in [2.75, 3.05) is 40.9 Å². The highest BCUT2D eigenvalue weighted by Gasteiger charge is 2.28. The number of rotatable bonds is 37. The van der Waals surface area contributed by atoms with E-state index in [4.69, 9.17) is 9.05 Å². The summed E-state index contributed by atoms with van der Waals surface area (Å²) in [5.41, 5.74) is 0. The van der Waals surface area contributed by atoms with E-state index in [0.29, 0.717) is 30.3 Å². The fourth-order valence-electron chi connectivity index (χ4n) is 5.25. The molecule has 0 aromatic carbocycles. The van der Waals surface area contributed by atoms with Gasteiger partial charge in [-0.05, 0) is 89.9 Å². The summed E-state index contributed by atoms with van der Waals surface area (Å²) >= 11 is 0. The SMILES string of the molecule is CC/C=C\C/C=C\C/C=C\C/C=C\C/C=C\C/C=C\C/C=C\C/C=C\C/C=C\C/C=C\CCCCC(=O)NC(COP(=O)(O)OCC[N+](C)(C)C)C(O)CCCCC. The molecule has 0 radical (unpaired) electrons. The quantitative estimate of drug-likeness (QED) is 0.0249. The molecule has 0 heterocycles. The maximum Gasteiger partial charge on any atom is 0.472 e. The Hall–Kier alpha value is -3.10. The highest BCUT2D eigenvalue weighted by Crippen LogP contribution is 2.43. The first-order valence-corrected chi connectivity index (χ1v) is 23.4. The summed E-state index contributed by atoms with van der Waals surface area (Å²) < 4.78 is 23.2. The van der Waals surface area contributed by atoms with Crippen molar-refractivity contribution < 1.29 is 32.9 Å². The van der Waals surface area contributed by atoms with Crippen LogP contribution in [0, 0.1) is 0 Å². The van der Waals surface area contributed by atoms with Crippen molar-refractivity contribution >= 4 is 13.7 Å². The molecule has 3 atom stereocenters. The highest BCUT2D eigenvalue weighted by atomic mass is 31.2. The van der Waals surface area contributed by atoms with Crippen LogP contribution in [0.4, 0.5) is 0 Å². The maximum atomic E-state index is 12.7. The number of carbonyl (C=O) groups is 1. The Kier molecular flexibility index (Phi) is 37.3. The number of phosphoric acid groups is 1. The monoisotopic (exact) mass is 826 g/mol. The van der Waals surface area contributed by atoms with Crippen LogP contribution in [0.5, 0.6) is 0 Å². The second-order valence-electron chi connectivity index (χ2n) is 15.3. The van der Waals surface area contributed by atoms with Crippen molar-refractivity contribution in [2.24, 2.45) is 0 Å². The molecular weight excluding hydrogens is 744 g/mol. The highest BCUT2D eigenvalue weighted by molar-refractivity contribution is 7.47.